The van der Waals surface area contributed by atoms with Crippen molar-refractivity contribution in [2.45, 2.75) is 13.5 Å². The number of rotatable bonds is 6. The molecule has 0 aliphatic rings. The topological polar surface area (TPSA) is 74.6 Å². The van der Waals surface area contributed by atoms with Crippen LogP contribution in [0, 0.1) is 6.92 Å². The summed E-state index contributed by atoms with van der Waals surface area (Å²) in [6, 6.07) is 3.55. The molecular weight excluding hydrogens is 334 g/mol. The molecule has 24 heavy (non-hydrogen) atoms. The molecule has 0 spiro atoms. The minimum atomic E-state index is -0.292. The Labute approximate surface area is 145 Å². The molecule has 1 aromatic heterocycles. The molecule has 0 aliphatic heterocycles. The molecule has 0 bridgehead atoms. The molecule has 0 saturated carbocycles. The van der Waals surface area contributed by atoms with Crippen LogP contribution in [-0.4, -0.2) is 37.0 Å². The number of carbonyl (C=O) groups excluding carboxylic acids is 1. The smallest absolute Gasteiger partial charge is 0.256 e. The first kappa shape index (κ1) is 17.9. The SMILES string of the molecule is COc1cc(CNC(=O)c2c(C)nn(C)c2Cl)cc(OC)c1OC. The van der Waals surface area contributed by atoms with Gasteiger partial charge in [-0.2, -0.15) is 5.10 Å². The molecule has 8 heteroatoms. The van der Waals surface area contributed by atoms with Gasteiger partial charge >= 0.3 is 0 Å². The van der Waals surface area contributed by atoms with E-state index in [1.54, 1.807) is 40.3 Å². The van der Waals surface area contributed by atoms with Gasteiger partial charge in [-0.1, -0.05) is 11.6 Å². The molecule has 1 N–H and O–H groups in total. The van der Waals surface area contributed by atoms with E-state index in [0.717, 1.165) is 5.56 Å². The first-order valence-corrected chi connectivity index (χ1v) is 7.56. The van der Waals surface area contributed by atoms with Crippen molar-refractivity contribution in [1.82, 2.24) is 15.1 Å². The number of carbonyl (C=O) groups is 1. The molecule has 0 atom stereocenters. The fourth-order valence-electron chi connectivity index (χ4n) is 2.40. The van der Waals surface area contributed by atoms with Gasteiger partial charge in [0.25, 0.3) is 5.91 Å². The largest absolute Gasteiger partial charge is 0.493 e. The van der Waals surface area contributed by atoms with Gasteiger partial charge in [0.15, 0.2) is 11.5 Å². The van der Waals surface area contributed by atoms with E-state index < -0.39 is 0 Å². The maximum absolute atomic E-state index is 12.4. The number of hydrogen-bond donors (Lipinski definition) is 1. The van der Waals surface area contributed by atoms with Gasteiger partial charge in [-0.15, -0.1) is 0 Å². The number of halogens is 1. The van der Waals surface area contributed by atoms with Gasteiger partial charge in [-0.3, -0.25) is 9.48 Å². The Bertz CT molecular complexity index is 733. The van der Waals surface area contributed by atoms with Crippen molar-refractivity contribution < 1.29 is 19.0 Å². The zero-order valence-electron chi connectivity index (χ0n) is 14.3. The molecular formula is C16H20ClN3O4. The Kier molecular flexibility index (Phi) is 5.56. The predicted molar refractivity (Wildman–Crippen MR) is 90.2 cm³/mol. The summed E-state index contributed by atoms with van der Waals surface area (Å²) in [7, 11) is 6.30. The van der Waals surface area contributed by atoms with Crippen LogP contribution in [0.2, 0.25) is 5.15 Å². The molecule has 0 aliphatic carbocycles. The van der Waals surface area contributed by atoms with E-state index >= 15 is 0 Å². The molecule has 2 rings (SSSR count). The minimum absolute atomic E-state index is 0.278. The summed E-state index contributed by atoms with van der Waals surface area (Å²) in [5, 5.41) is 7.25. The third-order valence-corrected chi connectivity index (χ3v) is 3.99. The van der Waals surface area contributed by atoms with E-state index in [0.29, 0.717) is 33.7 Å². The monoisotopic (exact) mass is 353 g/mol. The Morgan fingerprint density at radius 1 is 1.21 bits per heavy atom. The average Bonchev–Trinajstić information content (AvgIpc) is 2.83. The van der Waals surface area contributed by atoms with Crippen LogP contribution in [0.1, 0.15) is 21.6 Å². The molecule has 7 nitrogen and oxygen atoms in total. The molecule has 1 amide bonds. The molecule has 1 aromatic carbocycles. The second-order valence-corrected chi connectivity index (χ2v) is 5.45. The van der Waals surface area contributed by atoms with Gasteiger partial charge in [0.05, 0.1) is 32.6 Å². The highest BCUT2D eigenvalue weighted by molar-refractivity contribution is 6.33. The van der Waals surface area contributed by atoms with Crippen molar-refractivity contribution in [2.24, 2.45) is 7.05 Å². The highest BCUT2D eigenvalue weighted by atomic mass is 35.5. The van der Waals surface area contributed by atoms with Crippen LogP contribution in [-0.2, 0) is 13.6 Å². The number of amides is 1. The van der Waals surface area contributed by atoms with Crippen molar-refractivity contribution in [2.75, 3.05) is 21.3 Å². The zero-order valence-corrected chi connectivity index (χ0v) is 15.0. The van der Waals surface area contributed by atoms with Gasteiger partial charge in [-0.05, 0) is 24.6 Å². The average molecular weight is 354 g/mol. The van der Waals surface area contributed by atoms with E-state index in [1.807, 2.05) is 0 Å². The van der Waals surface area contributed by atoms with Gasteiger partial charge in [0, 0.05) is 13.6 Å². The number of aromatic nitrogens is 2. The lowest BCUT2D eigenvalue weighted by Gasteiger charge is -2.14. The maximum atomic E-state index is 12.4. The summed E-state index contributed by atoms with van der Waals surface area (Å²) < 4.78 is 17.3. The van der Waals surface area contributed by atoms with E-state index in [-0.39, 0.29) is 12.5 Å². The number of ether oxygens (including phenoxy) is 3. The van der Waals surface area contributed by atoms with Crippen molar-refractivity contribution in [1.29, 1.82) is 0 Å². The van der Waals surface area contributed by atoms with Crippen LogP contribution in [0.15, 0.2) is 12.1 Å². The maximum Gasteiger partial charge on any atom is 0.256 e. The standard InChI is InChI=1S/C16H20ClN3O4/c1-9-13(15(17)20(2)19-9)16(21)18-8-10-6-11(22-3)14(24-5)12(7-10)23-4/h6-7H,8H2,1-5H3,(H,18,21). The fourth-order valence-corrected chi connectivity index (χ4v) is 2.66. The number of nitrogens with one attached hydrogen (secondary N) is 1. The highest BCUT2D eigenvalue weighted by Crippen LogP contribution is 2.38. The van der Waals surface area contributed by atoms with E-state index in [2.05, 4.69) is 10.4 Å². The van der Waals surface area contributed by atoms with E-state index in [4.69, 9.17) is 25.8 Å². The Morgan fingerprint density at radius 3 is 2.21 bits per heavy atom. The molecule has 0 fully saturated rings. The highest BCUT2D eigenvalue weighted by Gasteiger charge is 2.19. The third kappa shape index (κ3) is 3.41. The quantitative estimate of drug-likeness (QED) is 0.862. The summed E-state index contributed by atoms with van der Waals surface area (Å²) in [5.74, 6) is 1.26. The summed E-state index contributed by atoms with van der Waals surface area (Å²) in [6.07, 6.45) is 0. The Hall–Kier alpha value is -2.41. The van der Waals surface area contributed by atoms with Gasteiger partial charge in [0.2, 0.25) is 5.75 Å². The zero-order chi connectivity index (χ0) is 17.9. The van der Waals surface area contributed by atoms with Crippen LogP contribution < -0.4 is 19.5 Å². The van der Waals surface area contributed by atoms with Crippen LogP contribution >= 0.6 is 11.6 Å². The number of nitrogens with zero attached hydrogens (tertiary/aromatic N) is 2. The van der Waals surface area contributed by atoms with E-state index in [1.165, 1.54) is 11.8 Å². The molecule has 0 radical (unpaired) electrons. The Morgan fingerprint density at radius 2 is 1.79 bits per heavy atom. The predicted octanol–water partition coefficient (Wildman–Crippen LogP) is 2.34. The number of methoxy groups -OCH3 is 3. The third-order valence-electron chi connectivity index (χ3n) is 3.56. The van der Waals surface area contributed by atoms with Gasteiger partial charge < -0.3 is 19.5 Å². The first-order chi connectivity index (χ1) is 11.4. The number of hydrogen-bond acceptors (Lipinski definition) is 5. The summed E-state index contributed by atoms with van der Waals surface area (Å²) in [6.45, 7) is 2.01. The molecule has 0 unspecified atom stereocenters. The van der Waals surface area contributed by atoms with Gasteiger partial charge in [-0.25, -0.2) is 0 Å². The minimum Gasteiger partial charge on any atom is -0.493 e. The number of benzene rings is 1. The summed E-state index contributed by atoms with van der Waals surface area (Å²) in [4.78, 5) is 12.4. The van der Waals surface area contributed by atoms with Crippen LogP contribution in [0.25, 0.3) is 0 Å². The lowest BCUT2D eigenvalue weighted by atomic mass is 10.1. The summed E-state index contributed by atoms with van der Waals surface area (Å²) >= 11 is 6.11. The van der Waals surface area contributed by atoms with Crippen molar-refractivity contribution in [3.8, 4) is 17.2 Å². The lowest BCUT2D eigenvalue weighted by molar-refractivity contribution is 0.0950. The molecule has 130 valence electrons. The molecule has 1 heterocycles. The van der Waals surface area contributed by atoms with Crippen molar-refractivity contribution in [3.63, 3.8) is 0 Å². The van der Waals surface area contributed by atoms with Crippen molar-refractivity contribution >= 4 is 17.5 Å². The fraction of sp³-hybridized carbons (Fsp3) is 0.375. The molecule has 2 aromatic rings. The van der Waals surface area contributed by atoms with Crippen LogP contribution in [0.3, 0.4) is 0 Å². The number of aryl methyl sites for hydroxylation is 2. The van der Waals surface area contributed by atoms with Crippen LogP contribution in [0.4, 0.5) is 0 Å². The van der Waals surface area contributed by atoms with E-state index in [9.17, 15) is 4.79 Å². The Balaban J connectivity index is 2.21. The van der Waals surface area contributed by atoms with Crippen molar-refractivity contribution in [3.05, 3.63) is 34.1 Å². The first-order valence-electron chi connectivity index (χ1n) is 7.19. The summed E-state index contributed by atoms with van der Waals surface area (Å²) in [5.41, 5.74) is 1.74. The lowest BCUT2D eigenvalue weighted by Crippen LogP contribution is -2.23. The van der Waals surface area contributed by atoms with Crippen LogP contribution in [0.5, 0.6) is 17.2 Å². The normalized spacial score (nSPS) is 10.4. The molecule has 0 saturated heterocycles. The second-order valence-electron chi connectivity index (χ2n) is 5.09. The second kappa shape index (κ2) is 7.44. The van der Waals surface area contributed by atoms with Gasteiger partial charge in [0.1, 0.15) is 5.15 Å².